The standard InChI is InChI=1S/C22H21NO2S/c1-25-20-13-9-17(10-14-20)15-23-22(24)19-11-7-18(8-12-19)16-26-21-5-3-2-4-6-21/h2-14H,15-16H2,1H3,(H,23,24). The van der Waals surface area contributed by atoms with E-state index in [1.807, 2.05) is 66.7 Å². The number of methoxy groups -OCH3 is 1. The molecule has 0 spiro atoms. The molecule has 4 heteroatoms. The van der Waals surface area contributed by atoms with Gasteiger partial charge >= 0.3 is 0 Å². The Labute approximate surface area is 158 Å². The molecule has 3 nitrogen and oxygen atoms in total. The van der Waals surface area contributed by atoms with Crippen LogP contribution in [0.25, 0.3) is 0 Å². The first-order valence-electron chi connectivity index (χ1n) is 8.42. The number of carbonyl (C=O) groups excluding carboxylic acids is 1. The van der Waals surface area contributed by atoms with Gasteiger partial charge in [-0.3, -0.25) is 4.79 Å². The third kappa shape index (κ3) is 5.14. The minimum Gasteiger partial charge on any atom is -0.497 e. The zero-order valence-electron chi connectivity index (χ0n) is 14.6. The summed E-state index contributed by atoms with van der Waals surface area (Å²) in [7, 11) is 1.64. The summed E-state index contributed by atoms with van der Waals surface area (Å²) in [6.45, 7) is 0.494. The molecule has 0 unspecified atom stereocenters. The summed E-state index contributed by atoms with van der Waals surface area (Å²) in [5, 5.41) is 2.95. The molecule has 3 aromatic carbocycles. The van der Waals surface area contributed by atoms with Crippen LogP contribution in [0.2, 0.25) is 0 Å². The number of amides is 1. The average Bonchev–Trinajstić information content (AvgIpc) is 2.72. The zero-order chi connectivity index (χ0) is 18.2. The van der Waals surface area contributed by atoms with Crippen molar-refractivity contribution < 1.29 is 9.53 Å². The predicted molar refractivity (Wildman–Crippen MR) is 107 cm³/mol. The number of carbonyl (C=O) groups is 1. The summed E-state index contributed by atoms with van der Waals surface area (Å²) in [4.78, 5) is 13.5. The fraction of sp³-hybridized carbons (Fsp3) is 0.136. The van der Waals surface area contributed by atoms with E-state index in [1.165, 1.54) is 10.5 Å². The minimum absolute atomic E-state index is 0.0666. The number of benzene rings is 3. The Morgan fingerprint density at radius 3 is 2.19 bits per heavy atom. The molecule has 3 aromatic rings. The van der Waals surface area contributed by atoms with Gasteiger partial charge in [-0.25, -0.2) is 0 Å². The maximum absolute atomic E-state index is 12.3. The van der Waals surface area contributed by atoms with Gasteiger partial charge in [0.2, 0.25) is 0 Å². The van der Waals surface area contributed by atoms with Crippen LogP contribution < -0.4 is 10.1 Å². The minimum atomic E-state index is -0.0666. The molecule has 0 fully saturated rings. The lowest BCUT2D eigenvalue weighted by Crippen LogP contribution is -2.22. The van der Waals surface area contributed by atoms with E-state index in [0.29, 0.717) is 12.1 Å². The molecule has 0 heterocycles. The molecule has 0 aliphatic carbocycles. The molecule has 132 valence electrons. The molecule has 0 atom stereocenters. The van der Waals surface area contributed by atoms with Crippen molar-refractivity contribution in [2.24, 2.45) is 0 Å². The summed E-state index contributed by atoms with van der Waals surface area (Å²) in [5.41, 5.74) is 2.91. The van der Waals surface area contributed by atoms with E-state index in [-0.39, 0.29) is 5.91 Å². The topological polar surface area (TPSA) is 38.3 Å². The van der Waals surface area contributed by atoms with Crippen LogP contribution in [0.5, 0.6) is 5.75 Å². The van der Waals surface area contributed by atoms with E-state index in [4.69, 9.17) is 4.74 Å². The fourth-order valence-corrected chi connectivity index (χ4v) is 3.34. The number of nitrogens with one attached hydrogen (secondary N) is 1. The quantitative estimate of drug-likeness (QED) is 0.606. The zero-order valence-corrected chi connectivity index (χ0v) is 15.5. The number of hydrogen-bond donors (Lipinski definition) is 1. The van der Waals surface area contributed by atoms with Crippen molar-refractivity contribution in [3.05, 3.63) is 95.6 Å². The smallest absolute Gasteiger partial charge is 0.251 e. The second-order valence-corrected chi connectivity index (χ2v) is 6.88. The Morgan fingerprint density at radius 1 is 0.885 bits per heavy atom. The summed E-state index contributed by atoms with van der Waals surface area (Å²) in [6.07, 6.45) is 0. The Bertz CT molecular complexity index is 830. The first-order valence-corrected chi connectivity index (χ1v) is 9.41. The molecule has 0 saturated heterocycles. The van der Waals surface area contributed by atoms with Crippen molar-refractivity contribution in [3.63, 3.8) is 0 Å². The molecule has 0 aliphatic heterocycles. The monoisotopic (exact) mass is 363 g/mol. The van der Waals surface area contributed by atoms with Crippen molar-refractivity contribution in [1.82, 2.24) is 5.32 Å². The van der Waals surface area contributed by atoms with E-state index in [2.05, 4.69) is 17.4 Å². The summed E-state index contributed by atoms with van der Waals surface area (Å²) < 4.78 is 5.13. The van der Waals surface area contributed by atoms with Crippen LogP contribution in [0.3, 0.4) is 0 Å². The molecule has 0 aromatic heterocycles. The number of ether oxygens (including phenoxy) is 1. The van der Waals surface area contributed by atoms with Gasteiger partial charge in [-0.2, -0.15) is 0 Å². The molecule has 0 bridgehead atoms. The fourth-order valence-electron chi connectivity index (χ4n) is 2.46. The third-order valence-corrected chi connectivity index (χ3v) is 5.06. The number of thioether (sulfide) groups is 1. The van der Waals surface area contributed by atoms with Gasteiger partial charge in [0.25, 0.3) is 5.91 Å². The summed E-state index contributed by atoms with van der Waals surface area (Å²) in [6, 6.07) is 25.8. The molecule has 0 aliphatic rings. The van der Waals surface area contributed by atoms with Gasteiger partial charge in [0.1, 0.15) is 5.75 Å². The lowest BCUT2D eigenvalue weighted by atomic mass is 10.1. The van der Waals surface area contributed by atoms with Crippen LogP contribution in [-0.4, -0.2) is 13.0 Å². The van der Waals surface area contributed by atoms with Crippen molar-refractivity contribution in [3.8, 4) is 5.75 Å². The predicted octanol–water partition coefficient (Wildman–Crippen LogP) is 4.92. The van der Waals surface area contributed by atoms with Crippen molar-refractivity contribution in [2.45, 2.75) is 17.2 Å². The first-order chi connectivity index (χ1) is 12.7. The summed E-state index contributed by atoms with van der Waals surface area (Å²) in [5.74, 6) is 1.63. The van der Waals surface area contributed by atoms with E-state index in [9.17, 15) is 4.79 Å². The number of hydrogen-bond acceptors (Lipinski definition) is 3. The van der Waals surface area contributed by atoms with Crippen LogP contribution in [0.1, 0.15) is 21.5 Å². The second-order valence-electron chi connectivity index (χ2n) is 5.83. The van der Waals surface area contributed by atoms with Crippen LogP contribution in [0.4, 0.5) is 0 Å². The van der Waals surface area contributed by atoms with E-state index in [0.717, 1.165) is 17.1 Å². The van der Waals surface area contributed by atoms with Crippen molar-refractivity contribution in [2.75, 3.05) is 7.11 Å². The molecule has 1 N–H and O–H groups in total. The van der Waals surface area contributed by atoms with Gasteiger partial charge in [-0.15, -0.1) is 11.8 Å². The highest BCUT2D eigenvalue weighted by Gasteiger charge is 2.06. The lowest BCUT2D eigenvalue weighted by molar-refractivity contribution is 0.0951. The van der Waals surface area contributed by atoms with Crippen LogP contribution >= 0.6 is 11.8 Å². The molecule has 0 saturated carbocycles. The highest BCUT2D eigenvalue weighted by Crippen LogP contribution is 2.22. The van der Waals surface area contributed by atoms with Crippen LogP contribution in [-0.2, 0) is 12.3 Å². The molecule has 26 heavy (non-hydrogen) atoms. The molecular formula is C22H21NO2S. The maximum Gasteiger partial charge on any atom is 0.251 e. The van der Waals surface area contributed by atoms with Gasteiger partial charge in [-0.1, -0.05) is 42.5 Å². The largest absolute Gasteiger partial charge is 0.497 e. The molecule has 3 rings (SSSR count). The van der Waals surface area contributed by atoms with E-state index in [1.54, 1.807) is 18.9 Å². The van der Waals surface area contributed by atoms with Gasteiger partial charge < -0.3 is 10.1 Å². The van der Waals surface area contributed by atoms with Crippen LogP contribution in [0.15, 0.2) is 83.8 Å². The molecular weight excluding hydrogens is 342 g/mol. The average molecular weight is 363 g/mol. The maximum atomic E-state index is 12.3. The van der Waals surface area contributed by atoms with E-state index < -0.39 is 0 Å². The normalized spacial score (nSPS) is 10.3. The number of rotatable bonds is 7. The Morgan fingerprint density at radius 2 is 1.54 bits per heavy atom. The Balaban J connectivity index is 1.51. The third-order valence-electron chi connectivity index (χ3n) is 3.98. The van der Waals surface area contributed by atoms with Gasteiger partial charge in [0.15, 0.2) is 0 Å². The lowest BCUT2D eigenvalue weighted by Gasteiger charge is -2.07. The highest BCUT2D eigenvalue weighted by atomic mass is 32.2. The van der Waals surface area contributed by atoms with Gasteiger partial charge in [-0.05, 0) is 47.5 Å². The van der Waals surface area contributed by atoms with E-state index >= 15 is 0 Å². The molecule has 0 radical (unpaired) electrons. The van der Waals surface area contributed by atoms with Gasteiger partial charge in [0.05, 0.1) is 7.11 Å². The van der Waals surface area contributed by atoms with Gasteiger partial charge in [0, 0.05) is 22.8 Å². The SMILES string of the molecule is COc1ccc(CNC(=O)c2ccc(CSc3ccccc3)cc2)cc1. The molecule has 1 amide bonds. The second kappa shape index (κ2) is 9.11. The van der Waals surface area contributed by atoms with Crippen LogP contribution in [0, 0.1) is 0 Å². The Kier molecular flexibility index (Phi) is 6.34. The highest BCUT2D eigenvalue weighted by molar-refractivity contribution is 7.98. The Hall–Kier alpha value is -2.72. The summed E-state index contributed by atoms with van der Waals surface area (Å²) >= 11 is 1.79. The van der Waals surface area contributed by atoms with Crippen molar-refractivity contribution >= 4 is 17.7 Å². The van der Waals surface area contributed by atoms with Crippen molar-refractivity contribution in [1.29, 1.82) is 0 Å². The first kappa shape index (κ1) is 18.1.